The number of hydrogen-bond acceptors (Lipinski definition) is 10. The zero-order chi connectivity index (χ0) is 27.3. The van der Waals surface area contributed by atoms with Gasteiger partial charge in [-0.1, -0.05) is 6.07 Å². The van der Waals surface area contributed by atoms with Crippen LogP contribution in [0.4, 0.5) is 13.2 Å². The largest absolute Gasteiger partial charge is 0.466 e. The molecule has 0 saturated carbocycles. The van der Waals surface area contributed by atoms with Crippen LogP contribution in [0.3, 0.4) is 0 Å². The van der Waals surface area contributed by atoms with Crippen molar-refractivity contribution in [1.82, 2.24) is 20.2 Å². The summed E-state index contributed by atoms with van der Waals surface area (Å²) >= 11 is 0. The molecule has 3 atom stereocenters. The van der Waals surface area contributed by atoms with Crippen LogP contribution in [0.1, 0.15) is 48.4 Å². The number of aryl methyl sites for hydroxylation is 1. The van der Waals surface area contributed by atoms with Crippen molar-refractivity contribution >= 4 is 27.6 Å². The van der Waals surface area contributed by atoms with Crippen molar-refractivity contribution < 1.29 is 30.7 Å². The number of rotatable bonds is 7. The second-order valence-electron chi connectivity index (χ2n) is 9.32. The molecule has 38 heavy (non-hydrogen) atoms. The van der Waals surface area contributed by atoms with Crippen LogP contribution in [-0.4, -0.2) is 51.1 Å². The Labute approximate surface area is 215 Å². The number of amidine groups is 1. The van der Waals surface area contributed by atoms with Crippen LogP contribution in [0.2, 0.25) is 0 Å². The molecule has 1 fully saturated rings. The second kappa shape index (κ2) is 9.19. The number of fused-ring (bicyclic) bond motifs is 2. The minimum atomic E-state index is -4.10. The average Bonchev–Trinajstić information content (AvgIpc) is 3.39. The number of aromatic nitrogens is 4. The molecule has 3 aromatic rings. The Morgan fingerprint density at radius 1 is 1.29 bits per heavy atom. The predicted octanol–water partition coefficient (Wildman–Crippen LogP) is 3.23. The number of sulfone groups is 1. The van der Waals surface area contributed by atoms with Crippen molar-refractivity contribution in [2.45, 2.75) is 48.8 Å². The highest BCUT2D eigenvalue weighted by molar-refractivity contribution is 7.94. The van der Waals surface area contributed by atoms with E-state index in [1.54, 1.807) is 6.92 Å². The zero-order valence-electron chi connectivity index (χ0n) is 20.4. The number of alkyl halides is 1. The monoisotopic (exact) mass is 548 g/mol. The van der Waals surface area contributed by atoms with Gasteiger partial charge in [0.25, 0.3) is 5.89 Å². The third-order valence-electron chi connectivity index (χ3n) is 7.01. The number of aliphatic imine (C=N–C) groups is 1. The number of nitrogens with two attached hydrogens (primary N) is 1. The molecule has 0 aliphatic carbocycles. The number of nitrogens with zero attached hydrogens (tertiary/aromatic N) is 5. The molecule has 0 radical (unpaired) electrons. The van der Waals surface area contributed by atoms with Crippen molar-refractivity contribution in [3.05, 3.63) is 65.0 Å². The van der Waals surface area contributed by atoms with Crippen molar-refractivity contribution in [3.63, 3.8) is 0 Å². The van der Waals surface area contributed by atoms with E-state index in [4.69, 9.17) is 14.9 Å². The minimum absolute atomic E-state index is 0.0375. The summed E-state index contributed by atoms with van der Waals surface area (Å²) in [5.41, 5.74) is 4.37. The third kappa shape index (κ3) is 4.03. The maximum atomic E-state index is 15.0. The summed E-state index contributed by atoms with van der Waals surface area (Å²) in [4.78, 5) is 12.3. The predicted molar refractivity (Wildman–Crippen MR) is 130 cm³/mol. The Balaban J connectivity index is 1.41. The SMILES string of the molecule is Cc1nnc(COc2cnc(/C(F)=C/c3ccc(F)c([C@@]4(C)N=C(N)[C@@]5(CF)CC[C@@H]4S5(=O)=O)c3)cn2)o1. The summed E-state index contributed by atoms with van der Waals surface area (Å²) in [6, 6.07) is 3.72. The van der Waals surface area contributed by atoms with Crippen LogP contribution >= 0.6 is 0 Å². The molecule has 5 rings (SSSR count). The van der Waals surface area contributed by atoms with Crippen LogP contribution in [0.5, 0.6) is 5.88 Å². The molecule has 14 heteroatoms. The van der Waals surface area contributed by atoms with Gasteiger partial charge in [-0.3, -0.25) is 4.99 Å². The van der Waals surface area contributed by atoms with Gasteiger partial charge in [0.15, 0.2) is 27.0 Å². The van der Waals surface area contributed by atoms with Crippen LogP contribution in [0.25, 0.3) is 11.9 Å². The van der Waals surface area contributed by atoms with E-state index in [-0.39, 0.29) is 53.9 Å². The zero-order valence-corrected chi connectivity index (χ0v) is 21.2. The summed E-state index contributed by atoms with van der Waals surface area (Å²) in [6.45, 7) is 1.84. The summed E-state index contributed by atoms with van der Waals surface area (Å²) in [5, 5.41) is 6.29. The molecule has 2 aliphatic heterocycles. The average molecular weight is 549 g/mol. The first kappa shape index (κ1) is 25.8. The van der Waals surface area contributed by atoms with Crippen LogP contribution in [0, 0.1) is 12.7 Å². The Hall–Kier alpha value is -3.81. The van der Waals surface area contributed by atoms with Gasteiger partial charge < -0.3 is 14.9 Å². The van der Waals surface area contributed by atoms with E-state index in [2.05, 4.69) is 25.2 Å². The Morgan fingerprint density at radius 3 is 2.74 bits per heavy atom. The van der Waals surface area contributed by atoms with Gasteiger partial charge in [0.2, 0.25) is 11.8 Å². The number of benzene rings is 1. The van der Waals surface area contributed by atoms with Gasteiger partial charge in [-0.05, 0) is 43.5 Å². The Morgan fingerprint density at radius 2 is 2.08 bits per heavy atom. The minimum Gasteiger partial charge on any atom is -0.466 e. The second-order valence-corrected chi connectivity index (χ2v) is 11.8. The maximum absolute atomic E-state index is 15.0. The smallest absolute Gasteiger partial charge is 0.253 e. The molecule has 2 aromatic heterocycles. The molecule has 0 amide bonds. The summed E-state index contributed by atoms with van der Waals surface area (Å²) in [6.07, 6.45) is 3.49. The lowest BCUT2D eigenvalue weighted by Crippen LogP contribution is -2.58. The third-order valence-corrected chi connectivity index (χ3v) is 10.1. The van der Waals surface area contributed by atoms with Crippen LogP contribution in [-0.2, 0) is 22.0 Å². The Bertz CT molecular complexity index is 1560. The van der Waals surface area contributed by atoms with Gasteiger partial charge in [-0.15, -0.1) is 10.2 Å². The molecule has 2 bridgehead atoms. The first-order valence-electron chi connectivity index (χ1n) is 11.6. The van der Waals surface area contributed by atoms with Crippen LogP contribution < -0.4 is 10.5 Å². The number of ether oxygens (including phenoxy) is 1. The lowest BCUT2D eigenvalue weighted by Gasteiger charge is -2.39. The van der Waals surface area contributed by atoms with Gasteiger partial charge in [-0.2, -0.15) is 0 Å². The van der Waals surface area contributed by atoms with Gasteiger partial charge in [0, 0.05) is 12.5 Å². The van der Waals surface area contributed by atoms with E-state index in [9.17, 15) is 12.8 Å². The molecule has 0 spiro atoms. The maximum Gasteiger partial charge on any atom is 0.253 e. The molecule has 4 heterocycles. The summed E-state index contributed by atoms with van der Waals surface area (Å²) in [7, 11) is -4.10. The van der Waals surface area contributed by atoms with Crippen molar-refractivity contribution in [3.8, 4) is 5.88 Å². The highest BCUT2D eigenvalue weighted by Crippen LogP contribution is 2.52. The summed E-state index contributed by atoms with van der Waals surface area (Å²) in [5.74, 6) is -1.18. The van der Waals surface area contributed by atoms with Crippen molar-refractivity contribution in [1.29, 1.82) is 0 Å². The van der Waals surface area contributed by atoms with E-state index in [1.807, 2.05) is 0 Å². The highest BCUT2D eigenvalue weighted by Gasteiger charge is 2.65. The molecule has 2 N–H and O–H groups in total. The quantitative estimate of drug-likeness (QED) is 0.470. The van der Waals surface area contributed by atoms with E-state index >= 15 is 8.78 Å². The normalized spacial score (nSPS) is 26.3. The van der Waals surface area contributed by atoms with Gasteiger partial charge in [-0.25, -0.2) is 31.6 Å². The highest BCUT2D eigenvalue weighted by atomic mass is 32.2. The standard InChI is InChI=1S/C24H23F3N6O4S/c1-13-32-33-21(37-13)11-36-20-10-29-18(9-30-20)17(27)8-14-3-4-16(26)15(7-14)23(2)19-5-6-24(12-25,22(28)31-23)38(19,34)35/h3-4,7-10,19H,5-6,11-12H2,1-2H3,(H2,28,31)/b17-8-/t19-,23+,24-/m0/s1. The van der Waals surface area contributed by atoms with Gasteiger partial charge in [0.05, 0.1) is 17.6 Å². The molecule has 200 valence electrons. The number of hydrogen-bond donors (Lipinski definition) is 1. The molecule has 1 saturated heterocycles. The van der Waals surface area contributed by atoms with Crippen molar-refractivity contribution in [2.75, 3.05) is 6.67 Å². The Kier molecular flexibility index (Phi) is 6.24. The molecule has 1 aromatic carbocycles. The van der Waals surface area contributed by atoms with Gasteiger partial charge in [0.1, 0.15) is 29.6 Å². The van der Waals surface area contributed by atoms with E-state index in [0.717, 1.165) is 18.3 Å². The molecular weight excluding hydrogens is 525 g/mol. The number of halogens is 3. The fraction of sp³-hybridized carbons (Fsp3) is 0.375. The molecule has 2 aliphatic rings. The van der Waals surface area contributed by atoms with E-state index < -0.39 is 43.7 Å². The lowest BCUT2D eigenvalue weighted by molar-refractivity contribution is 0.250. The first-order valence-corrected chi connectivity index (χ1v) is 13.1. The topological polar surface area (TPSA) is 146 Å². The molecule has 0 unspecified atom stereocenters. The van der Waals surface area contributed by atoms with E-state index in [1.165, 1.54) is 25.3 Å². The fourth-order valence-electron chi connectivity index (χ4n) is 4.95. The molecule has 10 nitrogen and oxygen atoms in total. The van der Waals surface area contributed by atoms with Crippen LogP contribution in [0.15, 0.2) is 40.0 Å². The lowest BCUT2D eigenvalue weighted by atomic mass is 9.86. The fourth-order valence-corrected chi connectivity index (χ4v) is 7.59. The first-order chi connectivity index (χ1) is 18.0. The summed E-state index contributed by atoms with van der Waals surface area (Å²) < 4.78 is 79.0. The van der Waals surface area contributed by atoms with Gasteiger partial charge >= 0.3 is 0 Å². The molecular formula is C24H23F3N6O4S. The van der Waals surface area contributed by atoms with Crippen molar-refractivity contribution in [2.24, 2.45) is 10.7 Å². The van der Waals surface area contributed by atoms with E-state index in [0.29, 0.717) is 5.89 Å².